The third-order valence-electron chi connectivity index (χ3n) is 5.62. The molecule has 2 aliphatic heterocycles. The van der Waals surface area contributed by atoms with E-state index in [-0.39, 0.29) is 11.9 Å². The minimum atomic E-state index is 0.0486. The van der Waals surface area contributed by atoms with Crippen molar-refractivity contribution in [1.29, 1.82) is 0 Å². The number of amides is 1. The van der Waals surface area contributed by atoms with Gasteiger partial charge < -0.3 is 10.2 Å². The van der Waals surface area contributed by atoms with Gasteiger partial charge in [-0.25, -0.2) is 0 Å². The molecule has 3 rings (SSSR count). The van der Waals surface area contributed by atoms with Gasteiger partial charge in [0.05, 0.1) is 6.04 Å². The number of nitrogens with zero attached hydrogens (tertiary/aromatic N) is 2. The van der Waals surface area contributed by atoms with E-state index in [2.05, 4.69) is 22.0 Å². The number of nitrogens with one attached hydrogen (secondary N) is 1. The van der Waals surface area contributed by atoms with Crippen molar-refractivity contribution >= 4 is 5.91 Å². The molecule has 1 amide bonds. The number of carbonyl (C=O) groups excluding carboxylic acids is 1. The average Bonchev–Trinajstić information content (AvgIpc) is 3.35. The first-order valence-corrected chi connectivity index (χ1v) is 9.49. The summed E-state index contributed by atoms with van der Waals surface area (Å²) < 4.78 is 0. The van der Waals surface area contributed by atoms with E-state index in [0.29, 0.717) is 6.04 Å². The van der Waals surface area contributed by atoms with Crippen molar-refractivity contribution in [3.8, 4) is 0 Å². The lowest BCUT2D eigenvalue weighted by molar-refractivity contribution is -0.126. The minimum absolute atomic E-state index is 0.0486. The lowest BCUT2D eigenvalue weighted by Crippen LogP contribution is -2.51. The Morgan fingerprint density at radius 3 is 2.45 bits per heavy atom. The fourth-order valence-electron chi connectivity index (χ4n) is 4.00. The van der Waals surface area contributed by atoms with Crippen LogP contribution in [0.4, 0.5) is 0 Å². The van der Waals surface area contributed by atoms with Crippen LogP contribution in [0.25, 0.3) is 0 Å². The highest BCUT2D eigenvalue weighted by Crippen LogP contribution is 2.23. The van der Waals surface area contributed by atoms with E-state index in [1.165, 1.54) is 71.0 Å². The van der Waals surface area contributed by atoms with Crippen LogP contribution in [0.1, 0.15) is 58.3 Å². The van der Waals surface area contributed by atoms with Gasteiger partial charge in [-0.1, -0.05) is 12.8 Å². The Hall–Kier alpha value is -0.610. The Morgan fingerprint density at radius 2 is 1.77 bits per heavy atom. The fourth-order valence-corrected chi connectivity index (χ4v) is 4.00. The quantitative estimate of drug-likeness (QED) is 0.846. The van der Waals surface area contributed by atoms with Crippen molar-refractivity contribution in [3.63, 3.8) is 0 Å². The molecule has 22 heavy (non-hydrogen) atoms. The third-order valence-corrected chi connectivity index (χ3v) is 5.62. The van der Waals surface area contributed by atoms with Gasteiger partial charge in [-0.3, -0.25) is 9.69 Å². The van der Waals surface area contributed by atoms with Crippen molar-refractivity contribution in [2.24, 2.45) is 5.92 Å². The molecule has 2 atom stereocenters. The Bertz CT molecular complexity index is 361. The summed E-state index contributed by atoms with van der Waals surface area (Å²) in [5.41, 5.74) is 0. The summed E-state index contributed by atoms with van der Waals surface area (Å²) in [5.74, 6) is 1.00. The van der Waals surface area contributed by atoms with Crippen LogP contribution in [0.5, 0.6) is 0 Å². The average molecular weight is 307 g/mol. The Labute approximate surface area is 135 Å². The molecule has 2 saturated heterocycles. The monoisotopic (exact) mass is 307 g/mol. The maximum atomic E-state index is 12.3. The van der Waals surface area contributed by atoms with Crippen molar-refractivity contribution in [3.05, 3.63) is 0 Å². The van der Waals surface area contributed by atoms with Crippen LogP contribution in [0, 0.1) is 5.92 Å². The predicted octanol–water partition coefficient (Wildman–Crippen LogP) is 2.24. The molecule has 0 bridgehead atoms. The summed E-state index contributed by atoms with van der Waals surface area (Å²) in [4.78, 5) is 17.4. The van der Waals surface area contributed by atoms with E-state index >= 15 is 0 Å². The minimum Gasteiger partial charge on any atom is -0.352 e. The molecule has 1 N–H and O–H groups in total. The zero-order chi connectivity index (χ0) is 15.4. The van der Waals surface area contributed by atoms with Crippen molar-refractivity contribution < 1.29 is 4.79 Å². The van der Waals surface area contributed by atoms with Gasteiger partial charge in [0.15, 0.2) is 0 Å². The molecule has 0 spiro atoms. The maximum Gasteiger partial charge on any atom is 0.237 e. The molecule has 0 aromatic heterocycles. The molecular formula is C18H33N3O. The van der Waals surface area contributed by atoms with E-state index in [1.807, 2.05) is 0 Å². The topological polar surface area (TPSA) is 35.6 Å². The van der Waals surface area contributed by atoms with Gasteiger partial charge >= 0.3 is 0 Å². The first-order chi connectivity index (χ1) is 10.7. The number of carbonyl (C=O) groups is 1. The zero-order valence-corrected chi connectivity index (χ0v) is 14.2. The van der Waals surface area contributed by atoms with Gasteiger partial charge in [-0.2, -0.15) is 0 Å². The van der Waals surface area contributed by atoms with Gasteiger partial charge in [0, 0.05) is 19.1 Å². The number of likely N-dealkylation sites (tertiary alicyclic amines) is 2. The molecule has 4 nitrogen and oxygen atoms in total. The highest BCUT2D eigenvalue weighted by Gasteiger charge is 2.31. The summed E-state index contributed by atoms with van der Waals surface area (Å²) in [5, 5.41) is 3.16. The lowest BCUT2D eigenvalue weighted by Gasteiger charge is -2.38. The lowest BCUT2D eigenvalue weighted by atomic mass is 9.96. The van der Waals surface area contributed by atoms with Crippen molar-refractivity contribution in [2.75, 3.05) is 32.7 Å². The van der Waals surface area contributed by atoms with Crippen LogP contribution in [0.3, 0.4) is 0 Å². The molecule has 3 fully saturated rings. The second-order valence-electron chi connectivity index (χ2n) is 7.68. The smallest absolute Gasteiger partial charge is 0.237 e. The summed E-state index contributed by atoms with van der Waals surface area (Å²) >= 11 is 0. The molecule has 1 aliphatic carbocycles. The van der Waals surface area contributed by atoms with Crippen molar-refractivity contribution in [2.45, 2.75) is 70.4 Å². The summed E-state index contributed by atoms with van der Waals surface area (Å²) in [6.07, 6.45) is 10.5. The van der Waals surface area contributed by atoms with Crippen LogP contribution >= 0.6 is 0 Å². The van der Waals surface area contributed by atoms with E-state index in [1.54, 1.807) is 0 Å². The highest BCUT2D eigenvalue weighted by molar-refractivity contribution is 5.81. The summed E-state index contributed by atoms with van der Waals surface area (Å²) in [7, 11) is 0. The van der Waals surface area contributed by atoms with Crippen molar-refractivity contribution in [1.82, 2.24) is 15.1 Å². The van der Waals surface area contributed by atoms with E-state index in [0.717, 1.165) is 19.0 Å². The highest BCUT2D eigenvalue weighted by atomic mass is 16.2. The first kappa shape index (κ1) is 16.3. The molecule has 0 radical (unpaired) electrons. The van der Waals surface area contributed by atoms with E-state index in [9.17, 15) is 4.79 Å². The van der Waals surface area contributed by atoms with Crippen LogP contribution < -0.4 is 5.32 Å². The molecule has 3 aliphatic rings. The SMILES string of the molecule is C[C@@H](C(=O)NC1CC1)N1CCC[C@H](CN2CCCCCC2)C1. The van der Waals surface area contributed by atoms with Crippen LogP contribution in [0.15, 0.2) is 0 Å². The normalized spacial score (nSPS) is 29.8. The number of hydrogen-bond donors (Lipinski definition) is 1. The molecule has 0 unspecified atom stereocenters. The Balaban J connectivity index is 1.46. The second kappa shape index (κ2) is 7.78. The number of rotatable bonds is 5. The number of hydrogen-bond acceptors (Lipinski definition) is 3. The van der Waals surface area contributed by atoms with Crippen LogP contribution in [-0.4, -0.2) is 60.5 Å². The maximum absolute atomic E-state index is 12.3. The number of piperidine rings is 1. The standard InChI is InChI=1S/C18H33N3O/c1-15(18(22)19-17-8-9-17)21-12-6-7-16(14-21)13-20-10-4-2-3-5-11-20/h15-17H,2-14H2,1H3,(H,19,22)/t15-,16+/m0/s1. The first-order valence-electron chi connectivity index (χ1n) is 9.49. The second-order valence-corrected chi connectivity index (χ2v) is 7.68. The molecule has 2 heterocycles. The third kappa shape index (κ3) is 4.69. The van der Waals surface area contributed by atoms with Gasteiger partial charge in [-0.15, -0.1) is 0 Å². The molecule has 0 aromatic rings. The fraction of sp³-hybridized carbons (Fsp3) is 0.944. The summed E-state index contributed by atoms with van der Waals surface area (Å²) in [6, 6.07) is 0.528. The molecule has 0 aromatic carbocycles. The van der Waals surface area contributed by atoms with Crippen LogP contribution in [0.2, 0.25) is 0 Å². The molecule has 126 valence electrons. The molecule has 4 heteroatoms. The van der Waals surface area contributed by atoms with Gasteiger partial charge in [-0.05, 0) is 71.0 Å². The zero-order valence-electron chi connectivity index (χ0n) is 14.2. The Kier molecular flexibility index (Phi) is 5.75. The van der Waals surface area contributed by atoms with E-state index < -0.39 is 0 Å². The van der Waals surface area contributed by atoms with Gasteiger partial charge in [0.1, 0.15) is 0 Å². The van der Waals surface area contributed by atoms with Crippen LogP contribution in [-0.2, 0) is 4.79 Å². The van der Waals surface area contributed by atoms with E-state index in [4.69, 9.17) is 0 Å². The molecular weight excluding hydrogens is 274 g/mol. The molecule has 1 saturated carbocycles. The Morgan fingerprint density at radius 1 is 1.05 bits per heavy atom. The summed E-state index contributed by atoms with van der Waals surface area (Å²) in [6.45, 7) is 8.10. The van der Waals surface area contributed by atoms with Gasteiger partial charge in [0.2, 0.25) is 5.91 Å². The van der Waals surface area contributed by atoms with Gasteiger partial charge in [0.25, 0.3) is 0 Å². The largest absolute Gasteiger partial charge is 0.352 e. The predicted molar refractivity (Wildman–Crippen MR) is 89.8 cm³/mol.